The molecule has 5 heteroatoms. The average Bonchev–Trinajstić information content (AvgIpc) is 2.64. The van der Waals surface area contributed by atoms with Gasteiger partial charge in [0.1, 0.15) is 6.33 Å². The van der Waals surface area contributed by atoms with Gasteiger partial charge >= 0.3 is 5.69 Å². The third-order valence-corrected chi connectivity index (χ3v) is 3.10. The van der Waals surface area contributed by atoms with Crippen molar-refractivity contribution in [3.8, 4) is 0 Å². The third-order valence-electron chi connectivity index (χ3n) is 2.29. The summed E-state index contributed by atoms with van der Waals surface area (Å²) in [7, 11) is 1.62. The normalized spacial score (nSPS) is 11.2. The van der Waals surface area contributed by atoms with Gasteiger partial charge in [-0.25, -0.2) is 9.48 Å². The van der Waals surface area contributed by atoms with Crippen LogP contribution in [0.2, 0.25) is 0 Å². The van der Waals surface area contributed by atoms with Gasteiger partial charge in [-0.1, -0.05) is 29.5 Å². The first kappa shape index (κ1) is 11.7. The first-order valence-corrected chi connectivity index (χ1v) is 6.05. The van der Waals surface area contributed by atoms with E-state index in [4.69, 9.17) is 0 Å². The molecule has 0 amide bonds. The highest BCUT2D eigenvalue weighted by Crippen LogP contribution is 2.19. The molecule has 17 heavy (non-hydrogen) atoms. The molecule has 0 aliphatic carbocycles. The van der Waals surface area contributed by atoms with E-state index in [0.717, 1.165) is 4.90 Å². The summed E-state index contributed by atoms with van der Waals surface area (Å²) < 4.78 is 2.74. The van der Waals surface area contributed by atoms with Crippen LogP contribution in [-0.2, 0) is 7.05 Å². The van der Waals surface area contributed by atoms with Gasteiger partial charge in [0.25, 0.3) is 0 Å². The van der Waals surface area contributed by atoms with Gasteiger partial charge in [-0.05, 0) is 24.5 Å². The van der Waals surface area contributed by atoms with Gasteiger partial charge in [0.05, 0.1) is 0 Å². The van der Waals surface area contributed by atoms with Gasteiger partial charge in [-0.2, -0.15) is 5.10 Å². The summed E-state index contributed by atoms with van der Waals surface area (Å²) in [4.78, 5) is 12.6. The van der Waals surface area contributed by atoms with Crippen molar-refractivity contribution in [2.24, 2.45) is 7.05 Å². The smallest absolute Gasteiger partial charge is 0.256 e. The highest BCUT2D eigenvalue weighted by molar-refractivity contribution is 8.02. The molecule has 0 aliphatic rings. The maximum atomic E-state index is 11.5. The first-order valence-electron chi connectivity index (χ1n) is 5.17. The second-order valence-electron chi connectivity index (χ2n) is 3.66. The number of thioether (sulfide) groups is 1. The Bertz CT molecular complexity index is 581. The topological polar surface area (TPSA) is 39.8 Å². The summed E-state index contributed by atoms with van der Waals surface area (Å²) in [6, 6.07) is 8.23. The number of aryl methyl sites for hydroxylation is 2. The van der Waals surface area contributed by atoms with Crippen LogP contribution >= 0.6 is 11.8 Å². The number of nitrogens with zero attached hydrogens (tertiary/aromatic N) is 3. The Morgan fingerprint density at radius 3 is 2.59 bits per heavy atom. The zero-order valence-corrected chi connectivity index (χ0v) is 10.5. The molecule has 2 aromatic rings. The molecule has 0 spiro atoms. The standard InChI is InChI=1S/C12H13N3OS/c1-10-3-5-11(6-4-10)17-8-7-15-9-13-14(2)12(15)16/h3-9H,1-2H3/b8-7+. The van der Waals surface area contributed by atoms with Gasteiger partial charge in [0, 0.05) is 18.1 Å². The Kier molecular flexibility index (Phi) is 3.49. The molecule has 0 saturated heterocycles. The van der Waals surface area contributed by atoms with Crippen molar-refractivity contribution in [2.45, 2.75) is 11.8 Å². The van der Waals surface area contributed by atoms with E-state index in [1.165, 1.54) is 21.1 Å². The molecule has 2 rings (SSSR count). The fourth-order valence-corrected chi connectivity index (χ4v) is 1.93. The van der Waals surface area contributed by atoms with Crippen LogP contribution < -0.4 is 5.69 Å². The maximum Gasteiger partial charge on any atom is 0.349 e. The third kappa shape index (κ3) is 2.88. The van der Waals surface area contributed by atoms with E-state index in [0.29, 0.717) is 0 Å². The molecule has 0 N–H and O–H groups in total. The molecule has 0 saturated carbocycles. The number of aromatic nitrogens is 3. The van der Waals surface area contributed by atoms with Crippen LogP contribution in [-0.4, -0.2) is 14.3 Å². The van der Waals surface area contributed by atoms with Gasteiger partial charge < -0.3 is 0 Å². The van der Waals surface area contributed by atoms with Crippen LogP contribution in [0.15, 0.2) is 45.7 Å². The minimum absolute atomic E-state index is 0.147. The van der Waals surface area contributed by atoms with Crippen LogP contribution in [0.3, 0.4) is 0 Å². The average molecular weight is 247 g/mol. The zero-order chi connectivity index (χ0) is 12.3. The van der Waals surface area contributed by atoms with E-state index in [-0.39, 0.29) is 5.69 Å². The predicted molar refractivity (Wildman–Crippen MR) is 69.8 cm³/mol. The molecule has 0 unspecified atom stereocenters. The van der Waals surface area contributed by atoms with Gasteiger partial charge in [-0.15, -0.1) is 0 Å². The van der Waals surface area contributed by atoms with Crippen molar-refractivity contribution in [3.05, 3.63) is 52.0 Å². The molecule has 1 aromatic heterocycles. The number of rotatable bonds is 3. The minimum atomic E-state index is -0.147. The fraction of sp³-hybridized carbons (Fsp3) is 0.167. The quantitative estimate of drug-likeness (QED) is 0.780. The molecule has 4 nitrogen and oxygen atoms in total. The van der Waals surface area contributed by atoms with Crippen LogP contribution in [0.1, 0.15) is 5.56 Å². The minimum Gasteiger partial charge on any atom is -0.256 e. The molecular formula is C12H13N3OS. The molecular weight excluding hydrogens is 234 g/mol. The number of hydrogen-bond acceptors (Lipinski definition) is 3. The molecule has 0 atom stereocenters. The van der Waals surface area contributed by atoms with E-state index < -0.39 is 0 Å². The Hall–Kier alpha value is -1.75. The lowest BCUT2D eigenvalue weighted by Crippen LogP contribution is -2.19. The summed E-state index contributed by atoms with van der Waals surface area (Å²) in [5.41, 5.74) is 1.09. The van der Waals surface area contributed by atoms with Crippen molar-refractivity contribution in [2.75, 3.05) is 0 Å². The predicted octanol–water partition coefficient (Wildman–Crippen LogP) is 2.11. The van der Waals surface area contributed by atoms with E-state index in [1.54, 1.807) is 25.0 Å². The molecule has 0 aliphatic heterocycles. The number of benzene rings is 1. The van der Waals surface area contributed by atoms with Gasteiger partial charge in [0.15, 0.2) is 0 Å². The van der Waals surface area contributed by atoms with Crippen molar-refractivity contribution in [3.63, 3.8) is 0 Å². The van der Waals surface area contributed by atoms with Crippen molar-refractivity contribution in [1.82, 2.24) is 14.3 Å². The summed E-state index contributed by atoms with van der Waals surface area (Å²) in [5, 5.41) is 5.73. The maximum absolute atomic E-state index is 11.5. The second kappa shape index (κ2) is 5.05. The fourth-order valence-electron chi connectivity index (χ4n) is 1.29. The Balaban J connectivity index is 2.05. The summed E-state index contributed by atoms with van der Waals surface area (Å²) >= 11 is 1.56. The lowest BCUT2D eigenvalue weighted by Gasteiger charge is -1.96. The highest BCUT2D eigenvalue weighted by atomic mass is 32.2. The number of hydrogen-bond donors (Lipinski definition) is 0. The molecule has 0 bridgehead atoms. The molecule has 88 valence electrons. The van der Waals surface area contributed by atoms with Crippen molar-refractivity contribution < 1.29 is 0 Å². The van der Waals surface area contributed by atoms with Crippen molar-refractivity contribution in [1.29, 1.82) is 0 Å². The van der Waals surface area contributed by atoms with Crippen LogP contribution in [0.5, 0.6) is 0 Å². The largest absolute Gasteiger partial charge is 0.349 e. The van der Waals surface area contributed by atoms with Crippen LogP contribution in [0, 0.1) is 6.92 Å². The SMILES string of the molecule is Cc1ccc(S/C=C/n2cnn(C)c2=O)cc1. The lowest BCUT2D eigenvalue weighted by molar-refractivity contribution is 0.729. The first-order chi connectivity index (χ1) is 8.16. The van der Waals surface area contributed by atoms with Gasteiger partial charge in [0.2, 0.25) is 0 Å². The molecule has 1 heterocycles. The summed E-state index contributed by atoms with van der Waals surface area (Å²) in [5.74, 6) is 0. The molecule has 0 radical (unpaired) electrons. The Morgan fingerprint density at radius 2 is 2.00 bits per heavy atom. The summed E-state index contributed by atoms with van der Waals surface area (Å²) in [6.07, 6.45) is 3.20. The van der Waals surface area contributed by atoms with E-state index >= 15 is 0 Å². The Labute approximate surface area is 104 Å². The second-order valence-corrected chi connectivity index (χ2v) is 4.64. The van der Waals surface area contributed by atoms with Crippen LogP contribution in [0.25, 0.3) is 6.20 Å². The molecule has 0 fully saturated rings. The van der Waals surface area contributed by atoms with E-state index in [1.807, 2.05) is 5.41 Å². The highest BCUT2D eigenvalue weighted by Gasteiger charge is 1.96. The van der Waals surface area contributed by atoms with E-state index in [9.17, 15) is 4.79 Å². The van der Waals surface area contributed by atoms with Gasteiger partial charge in [-0.3, -0.25) is 4.57 Å². The lowest BCUT2D eigenvalue weighted by atomic mass is 10.2. The van der Waals surface area contributed by atoms with Crippen molar-refractivity contribution >= 4 is 18.0 Å². The van der Waals surface area contributed by atoms with E-state index in [2.05, 4.69) is 36.3 Å². The van der Waals surface area contributed by atoms with Crippen LogP contribution in [0.4, 0.5) is 0 Å². The monoisotopic (exact) mass is 247 g/mol. The zero-order valence-electron chi connectivity index (χ0n) is 9.70. The Morgan fingerprint density at radius 1 is 1.29 bits per heavy atom. The summed E-state index contributed by atoms with van der Waals surface area (Å²) in [6.45, 7) is 2.06. The molecule has 1 aromatic carbocycles.